The van der Waals surface area contributed by atoms with Crippen LogP contribution < -0.4 is 5.32 Å². The molecule has 5 nitrogen and oxygen atoms in total. The molecule has 6 heteroatoms. The smallest absolute Gasteiger partial charge is 0.337 e. The van der Waals surface area contributed by atoms with Crippen molar-refractivity contribution in [1.29, 1.82) is 0 Å². The third-order valence-corrected chi connectivity index (χ3v) is 3.99. The first-order valence-electron chi connectivity index (χ1n) is 6.00. The zero-order valence-corrected chi connectivity index (χ0v) is 11.6. The van der Waals surface area contributed by atoms with Crippen LogP contribution in [0.15, 0.2) is 24.5 Å². The number of carboxylic acids is 1. The van der Waals surface area contributed by atoms with Crippen LogP contribution in [0.2, 0.25) is 0 Å². The van der Waals surface area contributed by atoms with Gasteiger partial charge in [-0.05, 0) is 25.5 Å². The molecule has 19 heavy (non-hydrogen) atoms. The minimum absolute atomic E-state index is 0.0495. The maximum Gasteiger partial charge on any atom is 0.337 e. The highest BCUT2D eigenvalue weighted by atomic mass is 32.1. The van der Waals surface area contributed by atoms with Gasteiger partial charge in [0.15, 0.2) is 0 Å². The topological polar surface area (TPSA) is 75.1 Å². The standard InChI is InChI=1S/C13H15N3O2S/c1-3-10-7-15-12(19-10)8(2)16-11-5-4-9(6-14-11)13(17)18/h4-8H,3H2,1-2H3,(H,14,16)(H,17,18). The molecular weight excluding hydrogens is 262 g/mol. The Labute approximate surface area is 115 Å². The highest BCUT2D eigenvalue weighted by Crippen LogP contribution is 2.23. The van der Waals surface area contributed by atoms with Gasteiger partial charge < -0.3 is 10.4 Å². The van der Waals surface area contributed by atoms with E-state index in [0.717, 1.165) is 11.4 Å². The molecule has 0 radical (unpaired) electrons. The summed E-state index contributed by atoms with van der Waals surface area (Å²) in [7, 11) is 0. The SMILES string of the molecule is CCc1cnc(C(C)Nc2ccc(C(=O)O)cn2)s1. The first-order valence-corrected chi connectivity index (χ1v) is 6.82. The second kappa shape index (κ2) is 5.79. The second-order valence-electron chi connectivity index (χ2n) is 4.12. The summed E-state index contributed by atoms with van der Waals surface area (Å²) in [6.45, 7) is 4.10. The van der Waals surface area contributed by atoms with Crippen LogP contribution in [0.4, 0.5) is 5.82 Å². The van der Waals surface area contributed by atoms with Gasteiger partial charge in [0.25, 0.3) is 0 Å². The van der Waals surface area contributed by atoms with Gasteiger partial charge in [0.05, 0.1) is 11.6 Å². The third-order valence-electron chi connectivity index (χ3n) is 2.67. The van der Waals surface area contributed by atoms with Crippen molar-refractivity contribution in [2.45, 2.75) is 26.3 Å². The predicted octanol–water partition coefficient (Wildman–Crippen LogP) is 2.97. The van der Waals surface area contributed by atoms with Gasteiger partial charge in [-0.2, -0.15) is 0 Å². The Morgan fingerprint density at radius 2 is 2.21 bits per heavy atom. The number of pyridine rings is 1. The Morgan fingerprint density at radius 1 is 1.42 bits per heavy atom. The molecule has 2 aromatic heterocycles. The van der Waals surface area contributed by atoms with Crippen molar-refractivity contribution < 1.29 is 9.90 Å². The molecule has 0 aliphatic rings. The first kappa shape index (κ1) is 13.5. The molecule has 0 saturated heterocycles. The summed E-state index contributed by atoms with van der Waals surface area (Å²) >= 11 is 1.67. The lowest BCUT2D eigenvalue weighted by molar-refractivity contribution is 0.0696. The fourth-order valence-electron chi connectivity index (χ4n) is 1.58. The molecule has 0 amide bonds. The number of thiazole rings is 1. The molecule has 0 saturated carbocycles. The van der Waals surface area contributed by atoms with Crippen LogP contribution in [-0.2, 0) is 6.42 Å². The number of nitrogens with one attached hydrogen (secondary N) is 1. The quantitative estimate of drug-likeness (QED) is 0.878. The highest BCUT2D eigenvalue weighted by Gasteiger charge is 2.11. The van der Waals surface area contributed by atoms with Gasteiger partial charge in [0.2, 0.25) is 0 Å². The van der Waals surface area contributed by atoms with Gasteiger partial charge in [-0.3, -0.25) is 0 Å². The summed E-state index contributed by atoms with van der Waals surface area (Å²) in [5.74, 6) is -0.328. The number of aryl methyl sites for hydroxylation is 1. The molecule has 0 aromatic carbocycles. The zero-order chi connectivity index (χ0) is 13.8. The number of aromatic carboxylic acids is 1. The Bertz CT molecular complexity index is 566. The molecule has 0 fully saturated rings. The third kappa shape index (κ3) is 3.29. The van der Waals surface area contributed by atoms with E-state index in [9.17, 15) is 4.79 Å². The molecule has 2 aromatic rings. The molecule has 2 heterocycles. The Morgan fingerprint density at radius 3 is 2.74 bits per heavy atom. The monoisotopic (exact) mass is 277 g/mol. The maximum atomic E-state index is 10.7. The van der Waals surface area contributed by atoms with Crippen LogP contribution >= 0.6 is 11.3 Å². The average Bonchev–Trinajstić information content (AvgIpc) is 2.88. The number of rotatable bonds is 5. The Hall–Kier alpha value is -1.95. The van der Waals surface area contributed by atoms with Crippen molar-refractivity contribution in [1.82, 2.24) is 9.97 Å². The van der Waals surface area contributed by atoms with Crippen LogP contribution in [0.5, 0.6) is 0 Å². The molecule has 2 rings (SSSR count). The molecular formula is C13H15N3O2S. The van der Waals surface area contributed by atoms with Crippen LogP contribution in [0.1, 0.15) is 40.1 Å². The first-order chi connectivity index (χ1) is 9.10. The van der Waals surface area contributed by atoms with Crippen molar-refractivity contribution in [2.24, 2.45) is 0 Å². The number of hydrogen-bond acceptors (Lipinski definition) is 5. The van der Waals surface area contributed by atoms with E-state index in [1.165, 1.54) is 17.1 Å². The molecule has 0 bridgehead atoms. The summed E-state index contributed by atoms with van der Waals surface area (Å²) < 4.78 is 0. The van der Waals surface area contributed by atoms with Crippen molar-refractivity contribution in [3.63, 3.8) is 0 Å². The Kier molecular flexibility index (Phi) is 4.11. The summed E-state index contributed by atoms with van der Waals surface area (Å²) in [4.78, 5) is 20.4. The van der Waals surface area contributed by atoms with E-state index < -0.39 is 5.97 Å². The molecule has 1 unspecified atom stereocenters. The fourth-order valence-corrected chi connectivity index (χ4v) is 2.44. The number of anilines is 1. The normalized spacial score (nSPS) is 12.1. The van der Waals surface area contributed by atoms with Crippen LogP contribution in [0.3, 0.4) is 0 Å². The highest BCUT2D eigenvalue weighted by molar-refractivity contribution is 7.11. The molecule has 0 aliphatic carbocycles. The van der Waals surface area contributed by atoms with E-state index in [-0.39, 0.29) is 11.6 Å². The minimum Gasteiger partial charge on any atom is -0.478 e. The predicted molar refractivity (Wildman–Crippen MR) is 74.7 cm³/mol. The van der Waals surface area contributed by atoms with Gasteiger partial charge in [-0.1, -0.05) is 6.92 Å². The fraction of sp³-hybridized carbons (Fsp3) is 0.308. The molecule has 1 atom stereocenters. The van der Waals surface area contributed by atoms with E-state index in [0.29, 0.717) is 5.82 Å². The van der Waals surface area contributed by atoms with Crippen molar-refractivity contribution >= 4 is 23.1 Å². The Balaban J connectivity index is 2.05. The van der Waals surface area contributed by atoms with Crippen LogP contribution in [0.25, 0.3) is 0 Å². The lowest BCUT2D eigenvalue weighted by atomic mass is 10.3. The number of nitrogens with zero attached hydrogens (tertiary/aromatic N) is 2. The van der Waals surface area contributed by atoms with Crippen molar-refractivity contribution in [2.75, 3.05) is 5.32 Å². The lowest BCUT2D eigenvalue weighted by Crippen LogP contribution is -2.08. The molecule has 100 valence electrons. The van der Waals surface area contributed by atoms with E-state index in [4.69, 9.17) is 5.11 Å². The van der Waals surface area contributed by atoms with E-state index in [1.54, 1.807) is 17.4 Å². The minimum atomic E-state index is -0.973. The zero-order valence-electron chi connectivity index (χ0n) is 10.8. The number of aromatic nitrogens is 2. The van der Waals surface area contributed by atoms with Gasteiger partial charge >= 0.3 is 5.97 Å². The molecule has 0 aliphatic heterocycles. The van der Waals surface area contributed by atoms with E-state index in [1.807, 2.05) is 13.1 Å². The maximum absolute atomic E-state index is 10.7. The number of carboxylic acid groups (broad SMARTS) is 1. The van der Waals surface area contributed by atoms with Crippen molar-refractivity contribution in [3.05, 3.63) is 40.0 Å². The lowest BCUT2D eigenvalue weighted by Gasteiger charge is -2.11. The summed E-state index contributed by atoms with van der Waals surface area (Å²) in [6, 6.07) is 3.24. The summed E-state index contributed by atoms with van der Waals surface area (Å²) in [5.41, 5.74) is 0.181. The van der Waals surface area contributed by atoms with Crippen LogP contribution in [-0.4, -0.2) is 21.0 Å². The largest absolute Gasteiger partial charge is 0.478 e. The van der Waals surface area contributed by atoms with Gasteiger partial charge in [-0.25, -0.2) is 14.8 Å². The summed E-state index contributed by atoms with van der Waals surface area (Å²) in [6.07, 6.45) is 4.21. The number of hydrogen-bond donors (Lipinski definition) is 2. The summed E-state index contributed by atoms with van der Waals surface area (Å²) in [5, 5.41) is 13.0. The molecule has 0 spiro atoms. The average molecular weight is 277 g/mol. The van der Waals surface area contributed by atoms with Crippen molar-refractivity contribution in [3.8, 4) is 0 Å². The van der Waals surface area contributed by atoms with E-state index in [2.05, 4.69) is 22.2 Å². The second-order valence-corrected chi connectivity index (χ2v) is 5.27. The number of carbonyl (C=O) groups is 1. The molecule has 2 N–H and O–H groups in total. The van der Waals surface area contributed by atoms with Gasteiger partial charge in [0, 0.05) is 17.3 Å². The van der Waals surface area contributed by atoms with Gasteiger partial charge in [-0.15, -0.1) is 11.3 Å². The van der Waals surface area contributed by atoms with E-state index >= 15 is 0 Å². The van der Waals surface area contributed by atoms with Crippen LogP contribution in [0, 0.1) is 0 Å². The van der Waals surface area contributed by atoms with Gasteiger partial charge in [0.1, 0.15) is 10.8 Å².